The lowest BCUT2D eigenvalue weighted by Crippen LogP contribution is -2.16. The first-order valence-corrected chi connectivity index (χ1v) is 9.33. The standard InChI is InChI=1S/C20H13ClFN3OS/c21-13-3-9-16(10-4-13)25-18(12-17(24-25)19-2-1-11-27-19)20(26)23-15-7-5-14(22)6-8-15/h1-12H,(H,23,26). The van der Waals surface area contributed by atoms with Gasteiger partial charge >= 0.3 is 0 Å². The van der Waals surface area contributed by atoms with Gasteiger partial charge in [0.2, 0.25) is 0 Å². The molecule has 0 aliphatic carbocycles. The van der Waals surface area contributed by atoms with E-state index in [9.17, 15) is 9.18 Å². The van der Waals surface area contributed by atoms with Crippen LogP contribution in [0.25, 0.3) is 16.3 Å². The first kappa shape index (κ1) is 17.5. The van der Waals surface area contributed by atoms with Crippen LogP contribution in [0.15, 0.2) is 72.1 Å². The van der Waals surface area contributed by atoms with Crippen molar-refractivity contribution in [1.29, 1.82) is 0 Å². The summed E-state index contributed by atoms with van der Waals surface area (Å²) >= 11 is 7.51. The van der Waals surface area contributed by atoms with E-state index in [2.05, 4.69) is 10.4 Å². The fourth-order valence-corrected chi connectivity index (χ4v) is 3.40. The largest absolute Gasteiger partial charge is 0.321 e. The second-order valence-corrected chi connectivity index (χ2v) is 7.13. The Balaban J connectivity index is 1.74. The van der Waals surface area contributed by atoms with Crippen molar-refractivity contribution in [3.63, 3.8) is 0 Å². The van der Waals surface area contributed by atoms with Crippen LogP contribution in [-0.4, -0.2) is 15.7 Å². The quantitative estimate of drug-likeness (QED) is 0.484. The molecule has 0 saturated heterocycles. The van der Waals surface area contributed by atoms with Crippen molar-refractivity contribution in [2.45, 2.75) is 0 Å². The van der Waals surface area contributed by atoms with Crippen molar-refractivity contribution in [3.05, 3.63) is 88.6 Å². The van der Waals surface area contributed by atoms with E-state index in [4.69, 9.17) is 11.6 Å². The van der Waals surface area contributed by atoms with E-state index in [1.807, 2.05) is 17.5 Å². The van der Waals surface area contributed by atoms with Crippen LogP contribution >= 0.6 is 22.9 Å². The van der Waals surface area contributed by atoms with Gasteiger partial charge in [0.25, 0.3) is 5.91 Å². The number of aromatic nitrogens is 2. The van der Waals surface area contributed by atoms with Crippen LogP contribution in [0, 0.1) is 5.82 Å². The Bertz CT molecular complexity index is 1070. The van der Waals surface area contributed by atoms with Gasteiger partial charge in [-0.15, -0.1) is 11.3 Å². The molecule has 0 aliphatic rings. The first-order valence-electron chi connectivity index (χ1n) is 8.07. The summed E-state index contributed by atoms with van der Waals surface area (Å²) in [4.78, 5) is 13.8. The number of carbonyl (C=O) groups is 1. The van der Waals surface area contributed by atoms with Gasteiger partial charge in [0, 0.05) is 10.7 Å². The molecule has 4 rings (SSSR count). The molecule has 0 radical (unpaired) electrons. The summed E-state index contributed by atoms with van der Waals surface area (Å²) < 4.78 is 14.7. The Labute approximate surface area is 163 Å². The molecule has 2 aromatic heterocycles. The van der Waals surface area contributed by atoms with E-state index >= 15 is 0 Å². The smallest absolute Gasteiger partial charge is 0.274 e. The van der Waals surface area contributed by atoms with Crippen molar-refractivity contribution in [2.75, 3.05) is 5.32 Å². The third-order valence-corrected chi connectivity index (χ3v) is 5.03. The maximum absolute atomic E-state index is 13.1. The van der Waals surface area contributed by atoms with Gasteiger partial charge in [0.05, 0.1) is 10.6 Å². The lowest BCUT2D eigenvalue weighted by molar-refractivity contribution is 0.101. The number of nitrogens with one attached hydrogen (secondary N) is 1. The molecule has 4 nitrogen and oxygen atoms in total. The monoisotopic (exact) mass is 397 g/mol. The van der Waals surface area contributed by atoms with Crippen LogP contribution in [0.3, 0.4) is 0 Å². The molecule has 0 atom stereocenters. The fraction of sp³-hybridized carbons (Fsp3) is 0. The second kappa shape index (κ2) is 7.34. The third kappa shape index (κ3) is 3.77. The Morgan fingerprint density at radius 2 is 1.81 bits per heavy atom. The SMILES string of the molecule is O=C(Nc1ccc(F)cc1)c1cc(-c2cccs2)nn1-c1ccc(Cl)cc1. The van der Waals surface area contributed by atoms with Crippen LogP contribution in [0.5, 0.6) is 0 Å². The number of halogens is 2. The van der Waals surface area contributed by atoms with Gasteiger partial charge in [-0.2, -0.15) is 5.10 Å². The lowest BCUT2D eigenvalue weighted by Gasteiger charge is -2.08. The predicted octanol–water partition coefficient (Wildman–Crippen LogP) is 5.65. The average molecular weight is 398 g/mol. The van der Waals surface area contributed by atoms with E-state index in [0.29, 0.717) is 27.8 Å². The summed E-state index contributed by atoms with van der Waals surface area (Å²) in [6.45, 7) is 0. The molecule has 2 aromatic carbocycles. The third-order valence-electron chi connectivity index (χ3n) is 3.89. The number of carbonyl (C=O) groups excluding carboxylic acids is 1. The van der Waals surface area contributed by atoms with Gasteiger partial charge in [-0.25, -0.2) is 9.07 Å². The maximum atomic E-state index is 13.1. The van der Waals surface area contributed by atoms with Crippen LogP contribution < -0.4 is 5.32 Å². The van der Waals surface area contributed by atoms with Gasteiger partial charge in [0.15, 0.2) is 0 Å². The highest BCUT2D eigenvalue weighted by atomic mass is 35.5. The van der Waals surface area contributed by atoms with Gasteiger partial charge in [-0.05, 0) is 66.0 Å². The summed E-state index contributed by atoms with van der Waals surface area (Å²) in [5, 5.41) is 9.92. The van der Waals surface area contributed by atoms with E-state index in [-0.39, 0.29) is 11.7 Å². The maximum Gasteiger partial charge on any atom is 0.274 e. The minimum Gasteiger partial charge on any atom is -0.321 e. The molecular formula is C20H13ClFN3OS. The summed E-state index contributed by atoms with van der Waals surface area (Å²) in [6.07, 6.45) is 0. The minimum absolute atomic E-state index is 0.341. The second-order valence-electron chi connectivity index (χ2n) is 5.74. The number of thiophene rings is 1. The normalized spacial score (nSPS) is 10.7. The molecule has 0 unspecified atom stereocenters. The van der Waals surface area contributed by atoms with Gasteiger partial charge < -0.3 is 5.32 Å². The number of amides is 1. The van der Waals surface area contributed by atoms with E-state index in [1.54, 1.807) is 46.4 Å². The zero-order valence-electron chi connectivity index (χ0n) is 13.9. The van der Waals surface area contributed by atoms with Crippen LogP contribution in [0.4, 0.5) is 10.1 Å². The number of nitrogens with zero attached hydrogens (tertiary/aromatic N) is 2. The highest BCUT2D eigenvalue weighted by Gasteiger charge is 2.18. The number of anilines is 1. The Kier molecular flexibility index (Phi) is 4.75. The van der Waals surface area contributed by atoms with Crippen LogP contribution in [0.1, 0.15) is 10.5 Å². The molecule has 134 valence electrons. The molecule has 0 spiro atoms. The molecule has 7 heteroatoms. The van der Waals surface area contributed by atoms with Crippen molar-refractivity contribution in [2.24, 2.45) is 0 Å². The first-order chi connectivity index (χ1) is 13.1. The molecule has 0 bridgehead atoms. The van der Waals surface area contributed by atoms with Crippen molar-refractivity contribution in [1.82, 2.24) is 9.78 Å². The molecular weight excluding hydrogens is 385 g/mol. The fourth-order valence-electron chi connectivity index (χ4n) is 2.60. The van der Waals surface area contributed by atoms with Crippen molar-refractivity contribution in [3.8, 4) is 16.3 Å². The van der Waals surface area contributed by atoms with Crippen LogP contribution in [0.2, 0.25) is 5.02 Å². The van der Waals surface area contributed by atoms with E-state index in [1.165, 1.54) is 24.3 Å². The Morgan fingerprint density at radius 3 is 2.48 bits per heavy atom. The average Bonchev–Trinajstić information content (AvgIpc) is 3.33. The summed E-state index contributed by atoms with van der Waals surface area (Å²) in [5.41, 5.74) is 2.28. The van der Waals surface area contributed by atoms with E-state index < -0.39 is 0 Å². The molecule has 4 aromatic rings. The summed E-state index contributed by atoms with van der Waals surface area (Å²) in [6, 6.07) is 18.3. The number of hydrogen-bond acceptors (Lipinski definition) is 3. The van der Waals surface area contributed by atoms with Crippen LogP contribution in [-0.2, 0) is 0 Å². The highest BCUT2D eigenvalue weighted by molar-refractivity contribution is 7.13. The summed E-state index contributed by atoms with van der Waals surface area (Å²) in [7, 11) is 0. The zero-order valence-corrected chi connectivity index (χ0v) is 15.5. The van der Waals surface area contributed by atoms with Gasteiger partial charge in [0.1, 0.15) is 17.2 Å². The minimum atomic E-state index is -0.362. The number of benzene rings is 2. The van der Waals surface area contributed by atoms with E-state index in [0.717, 1.165) is 4.88 Å². The number of hydrogen-bond donors (Lipinski definition) is 1. The lowest BCUT2D eigenvalue weighted by atomic mass is 10.2. The molecule has 0 saturated carbocycles. The molecule has 1 N–H and O–H groups in total. The summed E-state index contributed by atoms with van der Waals surface area (Å²) in [5.74, 6) is -0.703. The Morgan fingerprint density at radius 1 is 1.07 bits per heavy atom. The molecule has 1 amide bonds. The number of rotatable bonds is 4. The van der Waals surface area contributed by atoms with Gasteiger partial charge in [-0.1, -0.05) is 17.7 Å². The predicted molar refractivity (Wildman–Crippen MR) is 106 cm³/mol. The Hall–Kier alpha value is -2.96. The van der Waals surface area contributed by atoms with Gasteiger partial charge in [-0.3, -0.25) is 4.79 Å². The van der Waals surface area contributed by atoms with Crippen molar-refractivity contribution >= 4 is 34.5 Å². The zero-order chi connectivity index (χ0) is 18.8. The molecule has 0 aliphatic heterocycles. The molecule has 27 heavy (non-hydrogen) atoms. The molecule has 2 heterocycles. The molecule has 0 fully saturated rings. The van der Waals surface area contributed by atoms with Crippen molar-refractivity contribution < 1.29 is 9.18 Å². The topological polar surface area (TPSA) is 46.9 Å². The highest BCUT2D eigenvalue weighted by Crippen LogP contribution is 2.26.